The zero-order chi connectivity index (χ0) is 24.2. The molecule has 0 radical (unpaired) electrons. The number of nitrogens with one attached hydrogen (secondary N) is 2. The standard InChI is InChI=1S/C24H20F4N2O2S/c1-14(2)33-19-10-5-16(6-11-19)23(32)30-21-12-9-18(13-20(21)24(26,27)28)29-22(31)15-3-7-17(25)8-4-15/h3-14H,1-2H3,(H,29,31)(H,30,32). The average Bonchev–Trinajstić information content (AvgIpc) is 2.74. The van der Waals surface area contributed by atoms with Gasteiger partial charge in [-0.2, -0.15) is 13.2 Å². The van der Waals surface area contributed by atoms with E-state index in [9.17, 15) is 27.2 Å². The van der Waals surface area contributed by atoms with Gasteiger partial charge in [-0.25, -0.2) is 4.39 Å². The Bertz CT molecular complexity index is 1140. The van der Waals surface area contributed by atoms with E-state index in [4.69, 9.17) is 0 Å². The predicted molar refractivity (Wildman–Crippen MR) is 121 cm³/mol. The minimum absolute atomic E-state index is 0.0846. The Morgan fingerprint density at radius 1 is 0.818 bits per heavy atom. The number of anilines is 2. The molecule has 0 spiro atoms. The molecule has 0 fully saturated rings. The number of hydrogen-bond donors (Lipinski definition) is 2. The Morgan fingerprint density at radius 2 is 1.36 bits per heavy atom. The van der Waals surface area contributed by atoms with E-state index in [1.807, 2.05) is 13.8 Å². The minimum Gasteiger partial charge on any atom is -0.322 e. The monoisotopic (exact) mass is 476 g/mol. The van der Waals surface area contributed by atoms with E-state index in [2.05, 4.69) is 10.6 Å². The van der Waals surface area contributed by atoms with E-state index in [1.165, 1.54) is 18.2 Å². The molecule has 172 valence electrons. The van der Waals surface area contributed by atoms with Crippen LogP contribution in [0.5, 0.6) is 0 Å². The molecule has 9 heteroatoms. The number of hydrogen-bond acceptors (Lipinski definition) is 3. The number of thioether (sulfide) groups is 1. The second-order valence-electron chi connectivity index (χ2n) is 7.36. The number of carbonyl (C=O) groups excluding carboxylic acids is 2. The molecule has 4 nitrogen and oxygen atoms in total. The summed E-state index contributed by atoms with van der Waals surface area (Å²) >= 11 is 1.60. The van der Waals surface area contributed by atoms with Crippen molar-refractivity contribution in [2.75, 3.05) is 10.6 Å². The maximum Gasteiger partial charge on any atom is 0.418 e. The summed E-state index contributed by atoms with van der Waals surface area (Å²) in [6.07, 6.45) is -4.78. The Labute approximate surface area is 192 Å². The number of alkyl halides is 3. The number of halogens is 4. The van der Waals surface area contributed by atoms with Crippen molar-refractivity contribution in [3.05, 3.63) is 89.2 Å². The van der Waals surface area contributed by atoms with E-state index in [1.54, 1.807) is 36.0 Å². The van der Waals surface area contributed by atoms with Crippen LogP contribution in [0.4, 0.5) is 28.9 Å². The zero-order valence-electron chi connectivity index (χ0n) is 17.7. The molecule has 0 saturated carbocycles. The van der Waals surface area contributed by atoms with Gasteiger partial charge in [-0.05, 0) is 66.7 Å². The third-order valence-corrected chi connectivity index (χ3v) is 5.44. The molecule has 2 amide bonds. The van der Waals surface area contributed by atoms with Gasteiger partial charge in [0, 0.05) is 27.0 Å². The lowest BCUT2D eigenvalue weighted by Crippen LogP contribution is -2.18. The Balaban J connectivity index is 1.80. The highest BCUT2D eigenvalue weighted by Gasteiger charge is 2.34. The van der Waals surface area contributed by atoms with Crippen molar-refractivity contribution in [3.63, 3.8) is 0 Å². The van der Waals surface area contributed by atoms with E-state index in [0.29, 0.717) is 5.25 Å². The third kappa shape index (κ3) is 6.58. The molecule has 2 N–H and O–H groups in total. The van der Waals surface area contributed by atoms with Crippen LogP contribution < -0.4 is 10.6 Å². The SMILES string of the molecule is CC(C)Sc1ccc(C(=O)Nc2ccc(NC(=O)c3ccc(F)cc3)cc2C(F)(F)F)cc1. The van der Waals surface area contributed by atoms with Crippen LogP contribution in [0, 0.1) is 5.82 Å². The second-order valence-corrected chi connectivity index (χ2v) is 9.01. The summed E-state index contributed by atoms with van der Waals surface area (Å²) in [4.78, 5) is 25.7. The highest BCUT2D eigenvalue weighted by atomic mass is 32.2. The molecule has 0 unspecified atom stereocenters. The first-order valence-corrected chi connectivity index (χ1v) is 10.8. The summed E-state index contributed by atoms with van der Waals surface area (Å²) in [5.74, 6) is -1.93. The highest BCUT2D eigenvalue weighted by molar-refractivity contribution is 7.99. The predicted octanol–water partition coefficient (Wildman–Crippen LogP) is 6.85. The van der Waals surface area contributed by atoms with Crippen molar-refractivity contribution in [1.82, 2.24) is 0 Å². The van der Waals surface area contributed by atoms with Crippen molar-refractivity contribution in [2.24, 2.45) is 0 Å². The van der Waals surface area contributed by atoms with Gasteiger partial charge in [0.15, 0.2) is 0 Å². The summed E-state index contributed by atoms with van der Waals surface area (Å²) in [6, 6.07) is 14.2. The summed E-state index contributed by atoms with van der Waals surface area (Å²) in [7, 11) is 0. The molecular formula is C24H20F4N2O2S. The molecule has 0 heterocycles. The highest BCUT2D eigenvalue weighted by Crippen LogP contribution is 2.37. The fraction of sp³-hybridized carbons (Fsp3) is 0.167. The fourth-order valence-electron chi connectivity index (χ4n) is 2.92. The summed E-state index contributed by atoms with van der Waals surface area (Å²) in [6.45, 7) is 4.05. The molecule has 0 atom stereocenters. The Kier molecular flexibility index (Phi) is 7.43. The Hall–Kier alpha value is -3.33. The molecule has 3 aromatic carbocycles. The van der Waals surface area contributed by atoms with Crippen molar-refractivity contribution < 1.29 is 27.2 Å². The quantitative estimate of drug-likeness (QED) is 0.302. The largest absolute Gasteiger partial charge is 0.418 e. The lowest BCUT2D eigenvalue weighted by atomic mass is 10.1. The molecule has 0 saturated heterocycles. The smallest absolute Gasteiger partial charge is 0.322 e. The van der Waals surface area contributed by atoms with Crippen LogP contribution in [0.3, 0.4) is 0 Å². The fourth-order valence-corrected chi connectivity index (χ4v) is 3.76. The average molecular weight is 476 g/mol. The molecule has 3 rings (SSSR count). The van der Waals surface area contributed by atoms with Crippen LogP contribution in [0.15, 0.2) is 71.6 Å². The van der Waals surface area contributed by atoms with E-state index >= 15 is 0 Å². The van der Waals surface area contributed by atoms with Crippen molar-refractivity contribution in [2.45, 2.75) is 30.2 Å². The van der Waals surface area contributed by atoms with E-state index in [0.717, 1.165) is 29.2 Å². The third-order valence-electron chi connectivity index (χ3n) is 4.43. The molecule has 0 aromatic heterocycles. The number of amides is 2. The molecule has 3 aromatic rings. The van der Waals surface area contributed by atoms with Gasteiger partial charge in [-0.3, -0.25) is 9.59 Å². The van der Waals surface area contributed by atoms with Gasteiger partial charge in [-0.1, -0.05) is 13.8 Å². The first-order chi connectivity index (χ1) is 15.5. The molecule has 33 heavy (non-hydrogen) atoms. The van der Waals surface area contributed by atoms with Gasteiger partial charge >= 0.3 is 6.18 Å². The minimum atomic E-state index is -4.78. The lowest BCUT2D eigenvalue weighted by Gasteiger charge is -2.16. The number of carbonyl (C=O) groups is 2. The molecule has 0 bridgehead atoms. The molecule has 0 aliphatic rings. The van der Waals surface area contributed by atoms with Crippen molar-refractivity contribution in [1.29, 1.82) is 0 Å². The van der Waals surface area contributed by atoms with Crippen molar-refractivity contribution >= 4 is 35.0 Å². The first-order valence-electron chi connectivity index (χ1n) is 9.89. The first kappa shape index (κ1) is 24.3. The van der Waals surface area contributed by atoms with Gasteiger partial charge in [0.1, 0.15) is 5.82 Å². The van der Waals surface area contributed by atoms with Crippen molar-refractivity contribution in [3.8, 4) is 0 Å². The lowest BCUT2D eigenvalue weighted by molar-refractivity contribution is -0.136. The maximum atomic E-state index is 13.7. The van der Waals surface area contributed by atoms with E-state index < -0.39 is 35.1 Å². The van der Waals surface area contributed by atoms with Crippen LogP contribution in [0.1, 0.15) is 40.1 Å². The van der Waals surface area contributed by atoms with Gasteiger partial charge < -0.3 is 10.6 Å². The summed E-state index contributed by atoms with van der Waals surface area (Å²) in [5, 5.41) is 4.99. The van der Waals surface area contributed by atoms with Crippen LogP contribution >= 0.6 is 11.8 Å². The summed E-state index contributed by atoms with van der Waals surface area (Å²) < 4.78 is 54.0. The van der Waals surface area contributed by atoms with E-state index in [-0.39, 0.29) is 16.8 Å². The number of rotatable bonds is 6. The van der Waals surface area contributed by atoms with Gasteiger partial charge in [0.25, 0.3) is 11.8 Å². The molecular weight excluding hydrogens is 456 g/mol. The molecule has 0 aliphatic carbocycles. The Morgan fingerprint density at radius 3 is 1.91 bits per heavy atom. The summed E-state index contributed by atoms with van der Waals surface area (Å²) in [5.41, 5.74) is -1.37. The van der Waals surface area contributed by atoms with Crippen LogP contribution in [-0.4, -0.2) is 17.1 Å². The van der Waals surface area contributed by atoms with Gasteiger partial charge in [0.2, 0.25) is 0 Å². The van der Waals surface area contributed by atoms with Gasteiger partial charge in [-0.15, -0.1) is 11.8 Å². The second kappa shape index (κ2) is 10.1. The maximum absolute atomic E-state index is 13.7. The number of benzene rings is 3. The van der Waals surface area contributed by atoms with Crippen LogP contribution in [-0.2, 0) is 6.18 Å². The normalized spacial score (nSPS) is 11.4. The van der Waals surface area contributed by atoms with Gasteiger partial charge in [0.05, 0.1) is 11.3 Å². The zero-order valence-corrected chi connectivity index (χ0v) is 18.5. The molecule has 0 aliphatic heterocycles. The van der Waals surface area contributed by atoms with Crippen LogP contribution in [0.2, 0.25) is 0 Å². The van der Waals surface area contributed by atoms with Crippen LogP contribution in [0.25, 0.3) is 0 Å². The topological polar surface area (TPSA) is 58.2 Å².